The zero-order valence-corrected chi connectivity index (χ0v) is 16.1. The minimum atomic E-state index is 0.473. The molecule has 3 aromatic rings. The van der Waals surface area contributed by atoms with Gasteiger partial charge in [-0.15, -0.1) is 0 Å². The van der Waals surface area contributed by atoms with Crippen LogP contribution in [0.15, 0.2) is 54.9 Å². The fraction of sp³-hybridized carbons (Fsp3) is 0.348. The monoisotopic (exact) mass is 361 g/mol. The number of nitrogens with zero attached hydrogens (tertiary/aromatic N) is 2. The van der Waals surface area contributed by atoms with E-state index in [1.807, 2.05) is 19.3 Å². The van der Waals surface area contributed by atoms with Gasteiger partial charge in [-0.2, -0.15) is 0 Å². The first-order chi connectivity index (χ1) is 13.2. The fourth-order valence-electron chi connectivity index (χ4n) is 3.87. The summed E-state index contributed by atoms with van der Waals surface area (Å²) >= 11 is 0. The van der Waals surface area contributed by atoms with Crippen LogP contribution in [0.4, 0.5) is 5.69 Å². The Bertz CT molecular complexity index is 919. The molecule has 1 N–H and O–H groups in total. The van der Waals surface area contributed by atoms with Gasteiger partial charge in [0.05, 0.1) is 6.61 Å². The molecule has 0 spiro atoms. The molecule has 2 heterocycles. The molecule has 2 aromatic carbocycles. The predicted octanol–water partition coefficient (Wildman–Crippen LogP) is 4.63. The lowest BCUT2D eigenvalue weighted by Gasteiger charge is -2.19. The third kappa shape index (κ3) is 4.06. The van der Waals surface area contributed by atoms with Crippen LogP contribution in [0.2, 0.25) is 0 Å². The molecule has 0 saturated carbocycles. The minimum absolute atomic E-state index is 0.473. The summed E-state index contributed by atoms with van der Waals surface area (Å²) < 4.78 is 5.75. The van der Waals surface area contributed by atoms with E-state index < -0.39 is 0 Å². The Morgan fingerprint density at radius 3 is 3.04 bits per heavy atom. The van der Waals surface area contributed by atoms with E-state index in [0.717, 1.165) is 31.8 Å². The van der Waals surface area contributed by atoms with Crippen LogP contribution in [-0.4, -0.2) is 35.6 Å². The van der Waals surface area contributed by atoms with Gasteiger partial charge in [0, 0.05) is 54.5 Å². The maximum atomic E-state index is 5.75. The highest BCUT2D eigenvalue weighted by Gasteiger charge is 2.23. The quantitative estimate of drug-likeness (QED) is 0.695. The molecule has 0 unspecified atom stereocenters. The van der Waals surface area contributed by atoms with Crippen molar-refractivity contribution in [2.45, 2.75) is 32.9 Å². The molecule has 1 aliphatic rings. The molecule has 1 aromatic heterocycles. The van der Waals surface area contributed by atoms with Gasteiger partial charge >= 0.3 is 0 Å². The average Bonchev–Trinajstić information content (AvgIpc) is 3.12. The molecule has 0 bridgehead atoms. The van der Waals surface area contributed by atoms with E-state index in [9.17, 15) is 0 Å². The van der Waals surface area contributed by atoms with Crippen LogP contribution in [0.5, 0.6) is 5.75 Å². The van der Waals surface area contributed by atoms with Gasteiger partial charge in [0.2, 0.25) is 0 Å². The van der Waals surface area contributed by atoms with E-state index in [1.54, 1.807) is 0 Å². The van der Waals surface area contributed by atoms with Crippen LogP contribution < -0.4 is 10.1 Å². The molecule has 140 valence electrons. The van der Waals surface area contributed by atoms with Crippen molar-refractivity contribution >= 4 is 16.5 Å². The van der Waals surface area contributed by atoms with Crippen molar-refractivity contribution in [1.29, 1.82) is 0 Å². The lowest BCUT2D eigenvalue weighted by Crippen LogP contribution is -2.26. The second kappa shape index (κ2) is 7.97. The molecule has 1 atom stereocenters. The van der Waals surface area contributed by atoms with Crippen molar-refractivity contribution in [3.05, 3.63) is 66.0 Å². The molecule has 0 aliphatic carbocycles. The second-order valence-corrected chi connectivity index (χ2v) is 7.30. The summed E-state index contributed by atoms with van der Waals surface area (Å²) in [6, 6.07) is 15.5. The number of aryl methyl sites for hydroxylation is 1. The van der Waals surface area contributed by atoms with Crippen LogP contribution >= 0.6 is 0 Å². The molecule has 1 saturated heterocycles. The first-order valence-electron chi connectivity index (χ1n) is 9.77. The Morgan fingerprint density at radius 1 is 1.22 bits per heavy atom. The van der Waals surface area contributed by atoms with Crippen molar-refractivity contribution in [2.24, 2.45) is 0 Å². The zero-order valence-electron chi connectivity index (χ0n) is 16.1. The number of pyridine rings is 1. The van der Waals surface area contributed by atoms with Crippen molar-refractivity contribution < 1.29 is 4.74 Å². The predicted molar refractivity (Wildman–Crippen MR) is 111 cm³/mol. The highest BCUT2D eigenvalue weighted by molar-refractivity contribution is 5.93. The lowest BCUT2D eigenvalue weighted by atomic mass is 10.1. The number of hydrogen-bond donors (Lipinski definition) is 1. The zero-order chi connectivity index (χ0) is 18.6. The van der Waals surface area contributed by atoms with Gasteiger partial charge in [-0.05, 0) is 49.6 Å². The number of fused-ring (bicyclic) bond motifs is 1. The third-order valence-corrected chi connectivity index (χ3v) is 5.27. The number of aromatic nitrogens is 1. The van der Waals surface area contributed by atoms with E-state index in [1.165, 1.54) is 27.6 Å². The molecular formula is C23H27N3O. The minimum Gasteiger partial charge on any atom is -0.494 e. The summed E-state index contributed by atoms with van der Waals surface area (Å²) in [5.41, 5.74) is 3.73. The summed E-state index contributed by atoms with van der Waals surface area (Å²) in [5, 5.41) is 6.17. The Kier molecular flexibility index (Phi) is 5.26. The molecule has 1 aliphatic heterocycles. The highest BCUT2D eigenvalue weighted by atomic mass is 16.5. The Balaban J connectivity index is 1.41. The smallest absolute Gasteiger partial charge is 0.122 e. The first kappa shape index (κ1) is 17.8. The number of hydrogen-bond acceptors (Lipinski definition) is 4. The highest BCUT2D eigenvalue weighted by Crippen LogP contribution is 2.26. The van der Waals surface area contributed by atoms with Gasteiger partial charge in [-0.3, -0.25) is 9.88 Å². The molecular weight excluding hydrogens is 334 g/mol. The van der Waals surface area contributed by atoms with Crippen molar-refractivity contribution in [3.8, 4) is 5.75 Å². The summed E-state index contributed by atoms with van der Waals surface area (Å²) in [6.07, 6.45) is 4.95. The lowest BCUT2D eigenvalue weighted by molar-refractivity contribution is 0.322. The fourth-order valence-corrected chi connectivity index (χ4v) is 3.87. The van der Waals surface area contributed by atoms with Gasteiger partial charge in [0.1, 0.15) is 5.75 Å². The van der Waals surface area contributed by atoms with Gasteiger partial charge in [0.15, 0.2) is 0 Å². The van der Waals surface area contributed by atoms with Crippen LogP contribution in [0.25, 0.3) is 10.8 Å². The van der Waals surface area contributed by atoms with Crippen molar-refractivity contribution in [3.63, 3.8) is 0 Å². The van der Waals surface area contributed by atoms with Crippen LogP contribution in [-0.2, 0) is 6.54 Å². The van der Waals surface area contributed by atoms with Crippen LogP contribution in [0, 0.1) is 6.92 Å². The number of anilines is 1. The van der Waals surface area contributed by atoms with Gasteiger partial charge in [-0.25, -0.2) is 0 Å². The van der Waals surface area contributed by atoms with Crippen molar-refractivity contribution in [2.75, 3.05) is 25.0 Å². The van der Waals surface area contributed by atoms with E-state index in [2.05, 4.69) is 64.6 Å². The molecule has 4 nitrogen and oxygen atoms in total. The summed E-state index contributed by atoms with van der Waals surface area (Å²) in [5.74, 6) is 1.01. The normalized spacial score (nSPS) is 17.3. The molecule has 4 rings (SSSR count). The van der Waals surface area contributed by atoms with Crippen LogP contribution in [0.3, 0.4) is 0 Å². The number of ether oxygens (including phenoxy) is 1. The van der Waals surface area contributed by atoms with Gasteiger partial charge < -0.3 is 10.1 Å². The topological polar surface area (TPSA) is 37.4 Å². The van der Waals surface area contributed by atoms with Crippen molar-refractivity contribution in [1.82, 2.24) is 9.88 Å². The third-order valence-electron chi connectivity index (χ3n) is 5.27. The maximum absolute atomic E-state index is 5.75. The summed E-state index contributed by atoms with van der Waals surface area (Å²) in [7, 11) is 0. The van der Waals surface area contributed by atoms with Gasteiger partial charge in [-0.1, -0.05) is 24.3 Å². The molecule has 27 heavy (non-hydrogen) atoms. The SMILES string of the molecule is CCOc1cc(CN2CC[C@@H](Nc3cccc4cnccc34)C2)ccc1C. The number of nitrogens with one attached hydrogen (secondary N) is 1. The van der Waals surface area contributed by atoms with E-state index in [-0.39, 0.29) is 0 Å². The molecule has 0 amide bonds. The number of benzene rings is 2. The first-order valence-corrected chi connectivity index (χ1v) is 9.77. The molecule has 1 fully saturated rings. The number of rotatable bonds is 6. The molecule has 0 radical (unpaired) electrons. The van der Waals surface area contributed by atoms with Gasteiger partial charge in [0.25, 0.3) is 0 Å². The Hall–Kier alpha value is -2.59. The van der Waals surface area contributed by atoms with Crippen LogP contribution in [0.1, 0.15) is 24.5 Å². The summed E-state index contributed by atoms with van der Waals surface area (Å²) in [6.45, 7) is 7.98. The Morgan fingerprint density at radius 2 is 2.15 bits per heavy atom. The standard InChI is InChI=1S/C23H27N3O/c1-3-27-23-13-18(8-7-17(23)2)15-26-12-10-20(16-26)25-22-6-4-5-19-14-24-11-9-21(19)22/h4-9,11,13-14,20,25H,3,10,12,15-16H2,1-2H3/t20-/m1/s1. The Labute approximate surface area is 161 Å². The average molecular weight is 361 g/mol. The van der Waals surface area contributed by atoms with E-state index >= 15 is 0 Å². The van der Waals surface area contributed by atoms with E-state index in [0.29, 0.717) is 12.6 Å². The largest absolute Gasteiger partial charge is 0.494 e. The second-order valence-electron chi connectivity index (χ2n) is 7.30. The van der Waals surface area contributed by atoms with E-state index in [4.69, 9.17) is 4.74 Å². The molecule has 4 heteroatoms. The summed E-state index contributed by atoms with van der Waals surface area (Å²) in [4.78, 5) is 6.74. The number of likely N-dealkylation sites (tertiary alicyclic amines) is 1. The maximum Gasteiger partial charge on any atom is 0.122 e.